The number of carboxylic acid groups (broad SMARTS) is 1. The zero-order valence-corrected chi connectivity index (χ0v) is 10.4. The molecular weight excluding hydrogens is 246 g/mol. The van der Waals surface area contributed by atoms with Gasteiger partial charge in [0.15, 0.2) is 0 Å². The van der Waals surface area contributed by atoms with E-state index in [0.717, 1.165) is 16.5 Å². The van der Waals surface area contributed by atoms with E-state index in [0.29, 0.717) is 0 Å². The van der Waals surface area contributed by atoms with Gasteiger partial charge < -0.3 is 14.8 Å². The molecule has 6 nitrogen and oxygen atoms in total. The van der Waals surface area contributed by atoms with Crippen molar-refractivity contribution in [2.45, 2.75) is 12.3 Å². The number of hydrazine groups is 1. The highest BCUT2D eigenvalue weighted by molar-refractivity contribution is 5.85. The van der Waals surface area contributed by atoms with Gasteiger partial charge in [0, 0.05) is 24.1 Å². The number of carbonyl (C=O) groups is 1. The van der Waals surface area contributed by atoms with E-state index in [4.69, 9.17) is 0 Å². The second kappa shape index (κ2) is 4.34. The summed E-state index contributed by atoms with van der Waals surface area (Å²) in [6.07, 6.45) is 0.805. The fraction of sp³-hybridized carbons (Fsp3) is 0.308. The summed E-state index contributed by atoms with van der Waals surface area (Å²) < 4.78 is 1.95. The molecule has 19 heavy (non-hydrogen) atoms. The summed E-state index contributed by atoms with van der Waals surface area (Å²) in [5, 5.41) is 19.9. The summed E-state index contributed by atoms with van der Waals surface area (Å²) in [5.41, 5.74) is 7.36. The highest BCUT2D eigenvalue weighted by atomic mass is 16.4. The highest BCUT2D eigenvalue weighted by Gasteiger charge is 2.42. The number of benzene rings is 1. The first kappa shape index (κ1) is 12.2. The molecule has 0 bridgehead atoms. The summed E-state index contributed by atoms with van der Waals surface area (Å²) in [5.74, 6) is -1.94. The molecule has 0 saturated carbocycles. The lowest BCUT2D eigenvalue weighted by atomic mass is 9.93. The lowest BCUT2D eigenvalue weighted by Crippen LogP contribution is -2.33. The number of fused-ring (bicyclic) bond motifs is 1. The molecule has 1 aliphatic rings. The van der Waals surface area contributed by atoms with Gasteiger partial charge in [0.2, 0.25) is 0 Å². The minimum Gasteiger partial charge on any atom is -0.481 e. The molecule has 4 N–H and O–H groups in total. The van der Waals surface area contributed by atoms with Crippen molar-refractivity contribution in [2.24, 2.45) is 13.0 Å². The molecule has 2 aromatic rings. The van der Waals surface area contributed by atoms with Crippen LogP contribution in [0.15, 0.2) is 30.5 Å². The molecule has 3 atom stereocenters. The van der Waals surface area contributed by atoms with E-state index in [9.17, 15) is 15.0 Å². The van der Waals surface area contributed by atoms with Gasteiger partial charge in [-0.1, -0.05) is 18.2 Å². The average molecular weight is 261 g/mol. The smallest absolute Gasteiger partial charge is 0.312 e. The number of carboxylic acids is 1. The Morgan fingerprint density at radius 3 is 2.79 bits per heavy atom. The Balaban J connectivity index is 2.12. The zero-order valence-electron chi connectivity index (χ0n) is 10.4. The summed E-state index contributed by atoms with van der Waals surface area (Å²) in [4.78, 5) is 11.3. The third-order valence-electron chi connectivity index (χ3n) is 3.63. The van der Waals surface area contributed by atoms with E-state index < -0.39 is 24.2 Å². The summed E-state index contributed by atoms with van der Waals surface area (Å²) in [6.45, 7) is 0. The maximum absolute atomic E-state index is 11.3. The Hall–Kier alpha value is -1.89. The maximum atomic E-state index is 11.3. The van der Waals surface area contributed by atoms with E-state index in [2.05, 4.69) is 10.9 Å². The molecule has 0 amide bonds. The van der Waals surface area contributed by atoms with E-state index in [-0.39, 0.29) is 0 Å². The number of rotatable bonds is 2. The first-order chi connectivity index (χ1) is 9.09. The fourth-order valence-corrected chi connectivity index (χ4v) is 2.71. The van der Waals surface area contributed by atoms with Gasteiger partial charge in [-0.05, 0) is 11.6 Å². The van der Waals surface area contributed by atoms with Crippen molar-refractivity contribution in [3.8, 4) is 0 Å². The number of para-hydroxylation sites is 1. The molecule has 1 fully saturated rings. The van der Waals surface area contributed by atoms with E-state index in [1.165, 1.54) is 0 Å². The van der Waals surface area contributed by atoms with Gasteiger partial charge in [-0.25, -0.2) is 10.9 Å². The van der Waals surface area contributed by atoms with E-state index in [1.54, 1.807) is 0 Å². The third kappa shape index (κ3) is 1.81. The van der Waals surface area contributed by atoms with Crippen molar-refractivity contribution < 1.29 is 15.0 Å². The molecule has 1 aromatic heterocycles. The first-order valence-electron chi connectivity index (χ1n) is 6.05. The Morgan fingerprint density at radius 2 is 2.05 bits per heavy atom. The zero-order chi connectivity index (χ0) is 13.6. The predicted molar refractivity (Wildman–Crippen MR) is 69.1 cm³/mol. The van der Waals surface area contributed by atoms with E-state index >= 15 is 0 Å². The Morgan fingerprint density at radius 1 is 1.32 bits per heavy atom. The van der Waals surface area contributed by atoms with Crippen molar-refractivity contribution in [1.29, 1.82) is 0 Å². The van der Waals surface area contributed by atoms with Gasteiger partial charge in [-0.3, -0.25) is 4.79 Å². The van der Waals surface area contributed by atoms with Crippen LogP contribution in [-0.4, -0.2) is 27.0 Å². The molecule has 2 heterocycles. The van der Waals surface area contributed by atoms with Crippen LogP contribution in [0.5, 0.6) is 0 Å². The van der Waals surface area contributed by atoms with Gasteiger partial charge in [0.05, 0.1) is 6.04 Å². The standard InChI is InChI=1S/C13H15N3O3/c1-16-6-8(7-4-2-3-5-9(7)16)11-10(13(18)19)12(17)15-14-11/h2-6,10-12,14-15,17H,1H3,(H,18,19). The number of aryl methyl sites for hydroxylation is 1. The van der Waals surface area contributed by atoms with Crippen molar-refractivity contribution in [1.82, 2.24) is 15.4 Å². The number of hydrogen-bond acceptors (Lipinski definition) is 4. The van der Waals surface area contributed by atoms with Crippen LogP contribution in [0, 0.1) is 5.92 Å². The molecule has 1 aromatic carbocycles. The summed E-state index contributed by atoms with van der Waals surface area (Å²) in [7, 11) is 1.92. The molecule has 0 aliphatic carbocycles. The third-order valence-corrected chi connectivity index (χ3v) is 3.63. The van der Waals surface area contributed by atoms with Crippen molar-refractivity contribution in [3.63, 3.8) is 0 Å². The SMILES string of the molecule is Cn1cc(C2NNC(O)C2C(=O)O)c2ccccc21. The van der Waals surface area contributed by atoms with Gasteiger partial charge >= 0.3 is 5.97 Å². The number of nitrogens with one attached hydrogen (secondary N) is 2. The molecule has 6 heteroatoms. The molecule has 0 radical (unpaired) electrons. The van der Waals surface area contributed by atoms with Crippen LogP contribution in [0.25, 0.3) is 10.9 Å². The number of aliphatic hydroxyl groups is 1. The molecule has 1 saturated heterocycles. The highest BCUT2D eigenvalue weighted by Crippen LogP contribution is 2.33. The Kier molecular flexibility index (Phi) is 2.78. The van der Waals surface area contributed by atoms with Crippen molar-refractivity contribution >= 4 is 16.9 Å². The summed E-state index contributed by atoms with van der Waals surface area (Å²) in [6, 6.07) is 7.33. The summed E-state index contributed by atoms with van der Waals surface area (Å²) >= 11 is 0. The second-order valence-electron chi connectivity index (χ2n) is 4.79. The number of nitrogens with zero attached hydrogens (tertiary/aromatic N) is 1. The molecule has 0 spiro atoms. The van der Waals surface area contributed by atoms with Crippen LogP contribution < -0.4 is 10.9 Å². The van der Waals surface area contributed by atoms with Crippen LogP contribution in [0.3, 0.4) is 0 Å². The second-order valence-corrected chi connectivity index (χ2v) is 4.79. The number of aliphatic carboxylic acids is 1. The van der Waals surface area contributed by atoms with Gasteiger partial charge in [-0.15, -0.1) is 0 Å². The topological polar surface area (TPSA) is 86.5 Å². The van der Waals surface area contributed by atoms with Crippen LogP contribution in [0.4, 0.5) is 0 Å². The molecule has 1 aliphatic heterocycles. The minimum atomic E-state index is -1.10. The Bertz CT molecular complexity index is 637. The number of aromatic nitrogens is 1. The molecule has 3 unspecified atom stereocenters. The quantitative estimate of drug-likeness (QED) is 0.626. The van der Waals surface area contributed by atoms with Crippen LogP contribution in [0.2, 0.25) is 0 Å². The Labute approximate surface area is 109 Å². The van der Waals surface area contributed by atoms with Gasteiger partial charge in [-0.2, -0.15) is 0 Å². The lowest BCUT2D eigenvalue weighted by Gasteiger charge is -2.15. The lowest BCUT2D eigenvalue weighted by molar-refractivity contribution is -0.145. The van der Waals surface area contributed by atoms with Crippen molar-refractivity contribution in [2.75, 3.05) is 0 Å². The van der Waals surface area contributed by atoms with Crippen LogP contribution >= 0.6 is 0 Å². The van der Waals surface area contributed by atoms with Crippen LogP contribution in [0.1, 0.15) is 11.6 Å². The predicted octanol–water partition coefficient (Wildman–Crippen LogP) is 0.346. The van der Waals surface area contributed by atoms with Gasteiger partial charge in [0.25, 0.3) is 0 Å². The minimum absolute atomic E-state index is 0.460. The normalized spacial score (nSPS) is 26.9. The van der Waals surface area contributed by atoms with Crippen molar-refractivity contribution in [3.05, 3.63) is 36.0 Å². The maximum Gasteiger partial charge on any atom is 0.312 e. The molecular formula is C13H15N3O3. The monoisotopic (exact) mass is 261 g/mol. The average Bonchev–Trinajstić information content (AvgIpc) is 2.91. The number of aliphatic hydroxyl groups excluding tert-OH is 1. The van der Waals surface area contributed by atoms with Gasteiger partial charge in [0.1, 0.15) is 12.1 Å². The first-order valence-corrected chi connectivity index (χ1v) is 6.05. The molecule has 3 rings (SSSR count). The van der Waals surface area contributed by atoms with Crippen LogP contribution in [-0.2, 0) is 11.8 Å². The molecule has 100 valence electrons. The number of hydrogen-bond donors (Lipinski definition) is 4. The fourth-order valence-electron chi connectivity index (χ4n) is 2.71. The largest absolute Gasteiger partial charge is 0.481 e. The van der Waals surface area contributed by atoms with E-state index in [1.807, 2.05) is 42.1 Å².